The number of rotatable bonds is 6. The van der Waals surface area contributed by atoms with Crippen LogP contribution in [0.4, 0.5) is 4.39 Å². The average molecular weight is 313 g/mol. The molecule has 0 bridgehead atoms. The van der Waals surface area contributed by atoms with Gasteiger partial charge in [0.2, 0.25) is 0 Å². The molecule has 0 aliphatic carbocycles. The fourth-order valence-corrected chi connectivity index (χ4v) is 2.14. The van der Waals surface area contributed by atoms with E-state index in [9.17, 15) is 14.3 Å². The smallest absolute Gasteiger partial charge is 0.548 e. The number of nitrogens with one attached hydrogen (secondary N) is 1. The molecule has 112 valence electrons. The van der Waals surface area contributed by atoms with Crippen LogP contribution in [0.5, 0.6) is 0 Å². The minimum Gasteiger partial charge on any atom is -0.548 e. The van der Waals surface area contributed by atoms with Gasteiger partial charge in [0.25, 0.3) is 0 Å². The minimum atomic E-state index is -1.13. The Morgan fingerprint density at radius 1 is 1.36 bits per heavy atom. The van der Waals surface area contributed by atoms with Gasteiger partial charge in [0.15, 0.2) is 0 Å². The third-order valence-corrected chi connectivity index (χ3v) is 3.33. The van der Waals surface area contributed by atoms with E-state index in [1.807, 2.05) is 6.92 Å². The molecule has 0 unspecified atom stereocenters. The molecule has 0 saturated carbocycles. The van der Waals surface area contributed by atoms with Crippen LogP contribution in [-0.4, -0.2) is 12.0 Å². The summed E-state index contributed by atoms with van der Waals surface area (Å²) in [6.07, 6.45) is 0.437. The first-order valence-electron chi connectivity index (χ1n) is 6.80. The summed E-state index contributed by atoms with van der Waals surface area (Å²) < 4.78 is 18.8. The van der Waals surface area contributed by atoms with Gasteiger partial charge in [0, 0.05) is 11.6 Å². The van der Waals surface area contributed by atoms with Crippen LogP contribution < -0.4 is 40.0 Å². The summed E-state index contributed by atoms with van der Waals surface area (Å²) in [4.78, 5) is 10.8. The first-order chi connectivity index (χ1) is 10.0. The largest absolute Gasteiger partial charge is 1.00 e. The topological polar surface area (TPSA) is 65.3 Å². The molecule has 0 saturated heterocycles. The van der Waals surface area contributed by atoms with Crippen molar-refractivity contribution in [2.75, 3.05) is 0 Å². The van der Waals surface area contributed by atoms with Gasteiger partial charge in [-0.25, -0.2) is 4.39 Å². The number of hydrogen-bond acceptors (Lipinski definition) is 4. The van der Waals surface area contributed by atoms with Crippen LogP contribution in [0.15, 0.2) is 34.7 Å². The number of aryl methyl sites for hydroxylation is 1. The van der Waals surface area contributed by atoms with Gasteiger partial charge in [-0.1, -0.05) is 6.92 Å². The second-order valence-electron chi connectivity index (χ2n) is 4.89. The monoisotopic (exact) mass is 313 g/mol. The number of aliphatic carboxylic acids is 1. The molecule has 0 amide bonds. The second kappa shape index (κ2) is 8.48. The van der Waals surface area contributed by atoms with Gasteiger partial charge in [-0.2, -0.15) is 0 Å². The van der Waals surface area contributed by atoms with E-state index in [2.05, 4.69) is 5.32 Å². The van der Waals surface area contributed by atoms with Crippen molar-refractivity contribution in [3.63, 3.8) is 0 Å². The van der Waals surface area contributed by atoms with Crippen molar-refractivity contribution in [2.45, 2.75) is 32.9 Å². The average Bonchev–Trinajstić information content (AvgIpc) is 2.87. The Hall–Kier alpha value is -1.14. The van der Waals surface area contributed by atoms with Crippen molar-refractivity contribution in [1.82, 2.24) is 5.32 Å². The number of carboxylic acid groups (broad SMARTS) is 1. The van der Waals surface area contributed by atoms with Gasteiger partial charge in [0.05, 0.1) is 12.5 Å². The van der Waals surface area contributed by atoms with Gasteiger partial charge < -0.3 is 19.6 Å². The van der Waals surface area contributed by atoms with Crippen LogP contribution >= 0.6 is 0 Å². The van der Waals surface area contributed by atoms with Crippen LogP contribution in [0.25, 0.3) is 11.3 Å². The molecule has 1 aromatic carbocycles. The van der Waals surface area contributed by atoms with Gasteiger partial charge in [0.1, 0.15) is 17.3 Å². The molecule has 0 radical (unpaired) electrons. The van der Waals surface area contributed by atoms with Gasteiger partial charge >= 0.3 is 29.6 Å². The first-order valence-corrected chi connectivity index (χ1v) is 6.80. The van der Waals surface area contributed by atoms with Gasteiger partial charge in [-0.15, -0.1) is 0 Å². The predicted octanol–water partition coefficient (Wildman–Crippen LogP) is -0.984. The van der Waals surface area contributed by atoms with Crippen molar-refractivity contribution in [3.8, 4) is 11.3 Å². The molecule has 2 aromatic rings. The first kappa shape index (κ1) is 18.9. The molecule has 1 N–H and O–H groups in total. The summed E-state index contributed by atoms with van der Waals surface area (Å²) in [5, 5.41) is 13.7. The van der Waals surface area contributed by atoms with E-state index < -0.39 is 12.0 Å². The number of benzene rings is 1. The second-order valence-corrected chi connectivity index (χ2v) is 4.89. The summed E-state index contributed by atoms with van der Waals surface area (Å²) in [6, 6.07) is 7.34. The van der Waals surface area contributed by atoms with Crippen molar-refractivity contribution >= 4 is 5.97 Å². The van der Waals surface area contributed by atoms with Gasteiger partial charge in [-0.3, -0.25) is 0 Å². The van der Waals surface area contributed by atoms with Crippen molar-refractivity contribution in [2.24, 2.45) is 0 Å². The fourth-order valence-electron chi connectivity index (χ4n) is 2.14. The van der Waals surface area contributed by atoms with Crippen molar-refractivity contribution < 1.29 is 48.3 Å². The van der Waals surface area contributed by atoms with Gasteiger partial charge in [-0.05, 0) is 49.2 Å². The van der Waals surface area contributed by atoms with Crippen LogP contribution in [0, 0.1) is 12.7 Å². The summed E-state index contributed by atoms with van der Waals surface area (Å²) in [5.74, 6) is -0.165. The zero-order valence-corrected chi connectivity index (χ0v) is 15.0. The normalized spacial score (nSPS) is 11.8. The maximum Gasteiger partial charge on any atom is 1.00 e. The third kappa shape index (κ3) is 4.68. The third-order valence-electron chi connectivity index (χ3n) is 3.33. The van der Waals surface area contributed by atoms with E-state index in [1.54, 1.807) is 25.1 Å². The molecule has 6 heteroatoms. The zero-order chi connectivity index (χ0) is 15.4. The standard InChI is InChI=1S/C16H18FNO3.Na/c1-3-14(16(19)20)18-9-12-5-7-15(21-12)13-6-4-11(17)8-10(13)2;/h4-8,14,18H,3,9H2,1-2H3,(H,19,20);/q;+1/p-1/t14-;/m1./s1. The Balaban J connectivity index is 0.00000242. The summed E-state index contributed by atoms with van der Waals surface area (Å²) in [5.41, 5.74) is 1.60. The number of furan rings is 1. The van der Waals surface area contributed by atoms with E-state index >= 15 is 0 Å². The zero-order valence-electron chi connectivity index (χ0n) is 13.0. The number of halogens is 1. The molecule has 1 aromatic heterocycles. The molecule has 4 nitrogen and oxygen atoms in total. The Morgan fingerprint density at radius 3 is 2.68 bits per heavy atom. The number of hydrogen-bond donors (Lipinski definition) is 1. The molecule has 1 atom stereocenters. The quantitative estimate of drug-likeness (QED) is 0.696. The van der Waals surface area contributed by atoms with Crippen LogP contribution in [0.3, 0.4) is 0 Å². The van der Waals surface area contributed by atoms with E-state index in [4.69, 9.17) is 4.42 Å². The molecule has 2 rings (SSSR count). The predicted molar refractivity (Wildman–Crippen MR) is 74.8 cm³/mol. The maximum atomic E-state index is 13.1. The van der Waals surface area contributed by atoms with E-state index in [0.717, 1.165) is 11.1 Å². The van der Waals surface area contributed by atoms with Crippen LogP contribution in [-0.2, 0) is 11.3 Å². The van der Waals surface area contributed by atoms with E-state index in [-0.39, 0.29) is 35.4 Å². The summed E-state index contributed by atoms with van der Waals surface area (Å²) in [6.45, 7) is 3.87. The van der Waals surface area contributed by atoms with Crippen molar-refractivity contribution in [1.29, 1.82) is 0 Å². The number of carboxylic acids is 1. The number of carbonyl (C=O) groups excluding carboxylic acids is 1. The van der Waals surface area contributed by atoms with Crippen LogP contribution in [0.2, 0.25) is 0 Å². The maximum absolute atomic E-state index is 13.1. The molecule has 0 fully saturated rings. The SMILES string of the molecule is CC[C@@H](NCc1ccc(-c2ccc(F)cc2C)o1)C(=O)[O-].[Na+]. The number of carbonyl (C=O) groups is 1. The minimum absolute atomic E-state index is 0. The summed E-state index contributed by atoms with van der Waals surface area (Å²) in [7, 11) is 0. The summed E-state index contributed by atoms with van der Waals surface area (Å²) >= 11 is 0. The molecular weight excluding hydrogens is 296 g/mol. The Labute approximate surface area is 151 Å². The van der Waals surface area contributed by atoms with Crippen molar-refractivity contribution in [3.05, 3.63) is 47.5 Å². The molecule has 0 spiro atoms. The molecular formula is C16H17FNNaO3. The molecule has 0 aliphatic rings. The van der Waals surface area contributed by atoms with E-state index in [1.165, 1.54) is 12.1 Å². The Kier molecular flexibility index (Phi) is 7.29. The molecule has 0 aliphatic heterocycles. The Morgan fingerprint density at radius 2 is 2.09 bits per heavy atom. The van der Waals surface area contributed by atoms with Crippen LogP contribution in [0.1, 0.15) is 24.7 Å². The van der Waals surface area contributed by atoms with E-state index in [0.29, 0.717) is 24.5 Å². The fraction of sp³-hybridized carbons (Fsp3) is 0.312. The molecule has 1 heterocycles. The Bertz CT molecular complexity index is 642. The molecule has 22 heavy (non-hydrogen) atoms.